The van der Waals surface area contributed by atoms with Crippen molar-refractivity contribution in [3.63, 3.8) is 0 Å². The molecular weight excluding hydrogens is 430 g/mol. The molecule has 2 N–H and O–H groups in total. The number of carbonyl (C=O) groups excluding carboxylic acids is 2. The number of H-pyrrole nitrogens is 1. The second-order valence-electron chi connectivity index (χ2n) is 9.22. The average Bonchev–Trinajstić information content (AvgIpc) is 3.29. The van der Waals surface area contributed by atoms with E-state index >= 15 is 0 Å². The molecule has 0 aliphatic carbocycles. The highest BCUT2D eigenvalue weighted by molar-refractivity contribution is 5.90. The van der Waals surface area contributed by atoms with Gasteiger partial charge in [-0.2, -0.15) is 0 Å². The van der Waals surface area contributed by atoms with Crippen molar-refractivity contribution < 1.29 is 9.59 Å². The van der Waals surface area contributed by atoms with Crippen LogP contribution in [0.3, 0.4) is 0 Å². The van der Waals surface area contributed by atoms with Crippen LogP contribution in [0, 0.1) is 13.8 Å². The van der Waals surface area contributed by atoms with Crippen molar-refractivity contribution in [2.75, 3.05) is 50.5 Å². The highest BCUT2D eigenvalue weighted by Gasteiger charge is 2.31. The van der Waals surface area contributed by atoms with Crippen LogP contribution < -0.4 is 10.2 Å². The van der Waals surface area contributed by atoms with Crippen LogP contribution in [0.15, 0.2) is 36.8 Å². The fourth-order valence-corrected chi connectivity index (χ4v) is 4.55. The van der Waals surface area contributed by atoms with E-state index in [0.29, 0.717) is 18.9 Å². The minimum Gasteiger partial charge on any atom is -0.376 e. The van der Waals surface area contributed by atoms with Crippen LogP contribution in [-0.2, 0) is 9.59 Å². The molecule has 0 saturated carbocycles. The van der Waals surface area contributed by atoms with E-state index in [1.54, 1.807) is 19.0 Å². The Balaban J connectivity index is 1.51. The highest BCUT2D eigenvalue weighted by Crippen LogP contribution is 2.27. The van der Waals surface area contributed by atoms with Gasteiger partial charge in [0.25, 0.3) is 0 Å². The van der Waals surface area contributed by atoms with Crippen molar-refractivity contribution in [3.8, 4) is 0 Å². The second-order valence-corrected chi connectivity index (χ2v) is 9.22. The number of likely N-dealkylation sites (N-methyl/N-ethyl adjacent to an activating group) is 1. The molecule has 3 heterocycles. The fraction of sp³-hybridized carbons (Fsp3) is 0.440. The van der Waals surface area contributed by atoms with Gasteiger partial charge in [-0.25, -0.2) is 9.97 Å². The van der Waals surface area contributed by atoms with E-state index < -0.39 is 0 Å². The molecule has 3 aromatic rings. The maximum atomic E-state index is 13.1. The SMILES string of the molecule is Cc1cc(C)cc(NCC(=O)N2CCC[C@@H](N(CC(=O)N(C)C)c3ncnc4[nH]ccc34)C2)c1. The van der Waals surface area contributed by atoms with Crippen LogP contribution in [0.2, 0.25) is 0 Å². The summed E-state index contributed by atoms with van der Waals surface area (Å²) in [5, 5.41) is 4.15. The fourth-order valence-electron chi connectivity index (χ4n) is 4.55. The topological polar surface area (TPSA) is 97.5 Å². The first kappa shape index (κ1) is 23.5. The van der Waals surface area contributed by atoms with Gasteiger partial charge in [-0.1, -0.05) is 6.07 Å². The molecule has 0 unspecified atom stereocenters. The molecule has 1 aliphatic rings. The molecule has 2 aromatic heterocycles. The molecule has 1 aromatic carbocycles. The Morgan fingerprint density at radius 1 is 1.18 bits per heavy atom. The molecule has 1 saturated heterocycles. The van der Waals surface area contributed by atoms with Crippen molar-refractivity contribution in [3.05, 3.63) is 47.9 Å². The maximum absolute atomic E-state index is 13.1. The molecule has 9 heteroatoms. The number of likely N-dealkylation sites (tertiary alicyclic amines) is 1. The van der Waals surface area contributed by atoms with Crippen molar-refractivity contribution in [1.82, 2.24) is 24.8 Å². The molecule has 1 fully saturated rings. The first-order valence-electron chi connectivity index (χ1n) is 11.7. The lowest BCUT2D eigenvalue weighted by atomic mass is 10.0. The smallest absolute Gasteiger partial charge is 0.241 e. The molecule has 2 amide bonds. The molecular formula is C25H33N7O2. The number of fused-ring (bicyclic) bond motifs is 1. The Morgan fingerprint density at radius 3 is 2.68 bits per heavy atom. The molecule has 9 nitrogen and oxygen atoms in total. The Morgan fingerprint density at radius 2 is 1.94 bits per heavy atom. The van der Waals surface area contributed by atoms with Crippen LogP contribution in [0.25, 0.3) is 11.0 Å². The van der Waals surface area contributed by atoms with Gasteiger partial charge in [0, 0.05) is 45.1 Å². The lowest BCUT2D eigenvalue weighted by Gasteiger charge is -2.40. The molecule has 4 rings (SSSR count). The zero-order chi connectivity index (χ0) is 24.2. The molecule has 1 aliphatic heterocycles. The lowest BCUT2D eigenvalue weighted by Crippen LogP contribution is -2.53. The Bertz CT molecular complexity index is 1150. The Hall–Kier alpha value is -3.62. The summed E-state index contributed by atoms with van der Waals surface area (Å²) in [6.07, 6.45) is 5.09. The number of piperidine rings is 1. The van der Waals surface area contributed by atoms with E-state index in [0.717, 1.165) is 40.7 Å². The van der Waals surface area contributed by atoms with E-state index in [2.05, 4.69) is 26.3 Å². The zero-order valence-corrected chi connectivity index (χ0v) is 20.3. The summed E-state index contributed by atoms with van der Waals surface area (Å²) in [4.78, 5) is 43.3. The largest absolute Gasteiger partial charge is 0.376 e. The second kappa shape index (κ2) is 10.1. The zero-order valence-electron chi connectivity index (χ0n) is 20.3. The molecule has 0 spiro atoms. The van der Waals surface area contributed by atoms with Crippen molar-refractivity contribution >= 4 is 34.4 Å². The van der Waals surface area contributed by atoms with Gasteiger partial charge in [0.15, 0.2) is 0 Å². The molecule has 180 valence electrons. The third-order valence-corrected chi connectivity index (χ3v) is 6.26. The monoisotopic (exact) mass is 463 g/mol. The summed E-state index contributed by atoms with van der Waals surface area (Å²) in [7, 11) is 3.50. The number of nitrogens with zero attached hydrogens (tertiary/aromatic N) is 5. The summed E-state index contributed by atoms with van der Waals surface area (Å²) in [5.41, 5.74) is 4.01. The van der Waals surface area contributed by atoms with Gasteiger partial charge in [-0.05, 0) is 56.0 Å². The van der Waals surface area contributed by atoms with Gasteiger partial charge in [-0.15, -0.1) is 0 Å². The van der Waals surface area contributed by atoms with Crippen molar-refractivity contribution in [2.45, 2.75) is 32.7 Å². The quantitative estimate of drug-likeness (QED) is 0.559. The Labute approximate surface area is 200 Å². The van der Waals surface area contributed by atoms with Gasteiger partial charge in [0.2, 0.25) is 11.8 Å². The summed E-state index contributed by atoms with van der Waals surface area (Å²) >= 11 is 0. The molecule has 34 heavy (non-hydrogen) atoms. The lowest BCUT2D eigenvalue weighted by molar-refractivity contribution is -0.130. The van der Waals surface area contributed by atoms with Gasteiger partial charge >= 0.3 is 0 Å². The molecule has 0 bridgehead atoms. The van der Waals surface area contributed by atoms with E-state index in [-0.39, 0.29) is 30.9 Å². The number of aromatic nitrogens is 3. The van der Waals surface area contributed by atoms with Gasteiger partial charge in [0.05, 0.1) is 18.5 Å². The van der Waals surface area contributed by atoms with Crippen LogP contribution >= 0.6 is 0 Å². The standard InChI is InChI=1S/C25H33N7O2/c1-17-10-18(2)12-19(11-17)27-13-22(33)31-9-5-6-20(14-31)32(15-23(34)30(3)4)25-21-7-8-26-24(21)28-16-29-25/h7-8,10-12,16,20,27H,5-6,9,13-15H2,1-4H3,(H,26,28,29)/t20-/m1/s1. The maximum Gasteiger partial charge on any atom is 0.241 e. The van der Waals surface area contributed by atoms with E-state index in [1.807, 2.05) is 48.0 Å². The van der Waals surface area contributed by atoms with Gasteiger partial charge < -0.3 is 25.0 Å². The third kappa shape index (κ3) is 5.30. The van der Waals surface area contributed by atoms with E-state index in [1.165, 1.54) is 6.33 Å². The third-order valence-electron chi connectivity index (χ3n) is 6.26. The summed E-state index contributed by atoms with van der Waals surface area (Å²) in [5.74, 6) is 0.758. The van der Waals surface area contributed by atoms with Crippen LogP contribution in [0.4, 0.5) is 11.5 Å². The number of carbonyl (C=O) groups is 2. The highest BCUT2D eigenvalue weighted by atomic mass is 16.2. The predicted molar refractivity (Wildman–Crippen MR) is 134 cm³/mol. The Kier molecular flexibility index (Phi) is 7.00. The number of benzene rings is 1. The number of hydrogen-bond donors (Lipinski definition) is 2. The van der Waals surface area contributed by atoms with Crippen molar-refractivity contribution in [2.24, 2.45) is 0 Å². The first-order valence-corrected chi connectivity index (χ1v) is 11.7. The van der Waals surface area contributed by atoms with E-state index in [9.17, 15) is 9.59 Å². The van der Waals surface area contributed by atoms with Crippen molar-refractivity contribution in [1.29, 1.82) is 0 Å². The van der Waals surface area contributed by atoms with Crippen LogP contribution in [0.5, 0.6) is 0 Å². The number of anilines is 2. The molecule has 0 radical (unpaired) electrons. The minimum absolute atomic E-state index is 0.0118. The van der Waals surface area contributed by atoms with Gasteiger partial charge in [-0.3, -0.25) is 9.59 Å². The number of rotatable bonds is 7. The summed E-state index contributed by atoms with van der Waals surface area (Å²) < 4.78 is 0. The molecule has 1 atom stereocenters. The average molecular weight is 464 g/mol. The number of aromatic amines is 1. The number of nitrogens with one attached hydrogen (secondary N) is 2. The van der Waals surface area contributed by atoms with Gasteiger partial charge in [0.1, 0.15) is 17.8 Å². The summed E-state index contributed by atoms with van der Waals surface area (Å²) in [6.45, 7) is 5.78. The number of aryl methyl sites for hydroxylation is 2. The van der Waals surface area contributed by atoms with E-state index in [4.69, 9.17) is 0 Å². The number of hydrogen-bond acceptors (Lipinski definition) is 6. The minimum atomic E-state index is -0.0178. The van der Waals surface area contributed by atoms with Crippen LogP contribution in [-0.4, -0.2) is 82.9 Å². The summed E-state index contributed by atoms with van der Waals surface area (Å²) in [6, 6.07) is 8.12. The van der Waals surface area contributed by atoms with Crippen LogP contribution in [0.1, 0.15) is 24.0 Å². The number of amides is 2. The normalized spacial score (nSPS) is 15.9. The first-order chi connectivity index (χ1) is 16.3. The predicted octanol–water partition coefficient (Wildman–Crippen LogP) is 2.57.